The summed E-state index contributed by atoms with van der Waals surface area (Å²) in [6.07, 6.45) is 39.9. The number of aliphatic hydroxyl groups excluding tert-OH is 1. The fourth-order valence-electron chi connectivity index (χ4n) is 8.29. The second kappa shape index (κ2) is 34.9. The van der Waals surface area contributed by atoms with Gasteiger partial charge in [-0.3, -0.25) is 9.59 Å². The van der Waals surface area contributed by atoms with E-state index in [0.717, 1.165) is 77.4 Å². The first-order valence-corrected chi connectivity index (χ1v) is 24.4. The number of esters is 2. The van der Waals surface area contributed by atoms with Gasteiger partial charge in [-0.2, -0.15) is 0 Å². The molecule has 0 bridgehead atoms. The maximum absolute atomic E-state index is 13.0. The molecule has 1 aliphatic carbocycles. The van der Waals surface area contributed by atoms with Crippen LogP contribution in [0.1, 0.15) is 253 Å². The molecule has 0 aromatic carbocycles. The van der Waals surface area contributed by atoms with Crippen molar-refractivity contribution < 1.29 is 24.2 Å². The van der Waals surface area contributed by atoms with E-state index < -0.39 is 0 Å². The van der Waals surface area contributed by atoms with Crippen LogP contribution < -0.4 is 0 Å². The van der Waals surface area contributed by atoms with Crippen molar-refractivity contribution in [2.75, 3.05) is 32.8 Å². The lowest BCUT2D eigenvalue weighted by molar-refractivity contribution is -0.150. The number of unbranched alkanes of at least 4 members (excludes halogenated alkanes) is 18. The topological polar surface area (TPSA) is 76.1 Å². The van der Waals surface area contributed by atoms with Crippen LogP contribution in [0.25, 0.3) is 0 Å². The summed E-state index contributed by atoms with van der Waals surface area (Å²) >= 11 is 0. The van der Waals surface area contributed by atoms with Gasteiger partial charge < -0.3 is 19.5 Å². The second-order valence-corrected chi connectivity index (χ2v) is 18.6. The minimum Gasteiger partial charge on any atom is -0.465 e. The molecule has 1 rings (SSSR count). The molecule has 0 unspecified atom stereocenters. The first-order valence-electron chi connectivity index (χ1n) is 24.4. The van der Waals surface area contributed by atoms with Gasteiger partial charge in [-0.1, -0.05) is 150 Å². The molecule has 1 fully saturated rings. The maximum atomic E-state index is 13.0. The van der Waals surface area contributed by atoms with Crippen LogP contribution in [-0.4, -0.2) is 60.9 Å². The number of carbonyl (C=O) groups excluding carboxylic acids is 2. The highest BCUT2D eigenvalue weighted by molar-refractivity contribution is 5.69. The van der Waals surface area contributed by atoms with Crippen LogP contribution in [-0.2, 0) is 19.1 Å². The van der Waals surface area contributed by atoms with Crippen molar-refractivity contribution in [2.24, 2.45) is 10.8 Å². The van der Waals surface area contributed by atoms with Crippen LogP contribution in [0.2, 0.25) is 0 Å². The number of nitrogens with zero attached hydrogens (tertiary/aromatic N) is 1. The van der Waals surface area contributed by atoms with E-state index in [1.54, 1.807) is 0 Å². The molecule has 0 heterocycles. The Bertz CT molecular complexity index is 871. The standard InChI is InChI=1S/C49H95NO5/c1-6-9-12-15-18-21-25-33-46(52)54-44-48(4,5)35-26-22-27-40-50(42-30-43-51)41-29-37-49(38-39-49)36-28-34-47(53)55-45(31-23-19-16-13-10-7-2)32-24-20-17-14-11-8-3/h45,51H,6-44H2,1-5H3. The van der Waals surface area contributed by atoms with Crippen molar-refractivity contribution in [3.05, 3.63) is 0 Å². The second-order valence-electron chi connectivity index (χ2n) is 18.6. The molecule has 0 saturated heterocycles. The molecule has 0 spiro atoms. The van der Waals surface area contributed by atoms with Gasteiger partial charge in [-0.25, -0.2) is 0 Å². The number of rotatable bonds is 42. The third-order valence-electron chi connectivity index (χ3n) is 12.4. The molecule has 0 amide bonds. The molecule has 6 heteroatoms. The van der Waals surface area contributed by atoms with Gasteiger partial charge in [-0.15, -0.1) is 0 Å². The van der Waals surface area contributed by atoms with Crippen molar-refractivity contribution in [2.45, 2.75) is 259 Å². The van der Waals surface area contributed by atoms with Crippen molar-refractivity contribution in [1.29, 1.82) is 0 Å². The van der Waals surface area contributed by atoms with E-state index in [-0.39, 0.29) is 30.1 Å². The summed E-state index contributed by atoms with van der Waals surface area (Å²) in [7, 11) is 0. The zero-order valence-electron chi connectivity index (χ0n) is 37.7. The van der Waals surface area contributed by atoms with Crippen LogP contribution in [0.5, 0.6) is 0 Å². The Labute approximate surface area is 342 Å². The highest BCUT2D eigenvalue weighted by Crippen LogP contribution is 2.53. The molecule has 0 atom stereocenters. The van der Waals surface area contributed by atoms with Gasteiger partial charge in [-0.05, 0) is 114 Å². The van der Waals surface area contributed by atoms with E-state index in [1.165, 1.54) is 148 Å². The predicted octanol–water partition coefficient (Wildman–Crippen LogP) is 14.1. The van der Waals surface area contributed by atoms with Gasteiger partial charge in [0.1, 0.15) is 6.10 Å². The van der Waals surface area contributed by atoms with Crippen LogP contribution in [0.15, 0.2) is 0 Å². The summed E-state index contributed by atoms with van der Waals surface area (Å²) in [5.74, 6) is 0.00843. The first-order chi connectivity index (χ1) is 26.7. The highest BCUT2D eigenvalue weighted by Gasteiger charge is 2.41. The highest BCUT2D eigenvalue weighted by atomic mass is 16.5. The Morgan fingerprint density at radius 3 is 1.62 bits per heavy atom. The lowest BCUT2D eigenvalue weighted by Crippen LogP contribution is -2.28. The van der Waals surface area contributed by atoms with Crippen LogP contribution in [0.3, 0.4) is 0 Å². The Hall–Kier alpha value is -1.14. The summed E-state index contributed by atoms with van der Waals surface area (Å²) < 4.78 is 11.8. The van der Waals surface area contributed by atoms with E-state index in [4.69, 9.17) is 9.47 Å². The number of hydrogen-bond donors (Lipinski definition) is 1. The van der Waals surface area contributed by atoms with Gasteiger partial charge >= 0.3 is 11.9 Å². The maximum Gasteiger partial charge on any atom is 0.306 e. The minimum atomic E-state index is -0.0297. The summed E-state index contributed by atoms with van der Waals surface area (Å²) in [6, 6.07) is 0. The lowest BCUT2D eigenvalue weighted by atomic mass is 9.88. The Balaban J connectivity index is 2.31. The first kappa shape index (κ1) is 51.9. The molecule has 0 aliphatic heterocycles. The van der Waals surface area contributed by atoms with E-state index in [0.29, 0.717) is 24.9 Å². The molecule has 326 valence electrons. The Morgan fingerprint density at radius 1 is 0.582 bits per heavy atom. The summed E-state index contributed by atoms with van der Waals surface area (Å²) in [5, 5.41) is 9.53. The molecule has 1 aliphatic rings. The van der Waals surface area contributed by atoms with Gasteiger partial charge in [0.2, 0.25) is 0 Å². The Morgan fingerprint density at radius 2 is 1.05 bits per heavy atom. The number of aliphatic hydroxyl groups is 1. The molecular formula is C49H95NO5. The summed E-state index contributed by atoms with van der Waals surface area (Å²) in [4.78, 5) is 27.8. The van der Waals surface area contributed by atoms with E-state index in [2.05, 4.69) is 39.5 Å². The summed E-state index contributed by atoms with van der Waals surface area (Å²) in [5.41, 5.74) is 0.465. The summed E-state index contributed by atoms with van der Waals surface area (Å²) in [6.45, 7) is 15.2. The molecular weight excluding hydrogens is 683 g/mol. The molecule has 1 saturated carbocycles. The number of hydrogen-bond acceptors (Lipinski definition) is 6. The van der Waals surface area contributed by atoms with Crippen molar-refractivity contribution >= 4 is 11.9 Å². The number of carbonyl (C=O) groups is 2. The predicted molar refractivity (Wildman–Crippen MR) is 235 cm³/mol. The smallest absolute Gasteiger partial charge is 0.306 e. The van der Waals surface area contributed by atoms with E-state index in [9.17, 15) is 14.7 Å². The van der Waals surface area contributed by atoms with Crippen LogP contribution in [0, 0.1) is 10.8 Å². The van der Waals surface area contributed by atoms with Crippen molar-refractivity contribution in [3.63, 3.8) is 0 Å². The minimum absolute atomic E-state index is 0.0184. The van der Waals surface area contributed by atoms with Crippen molar-refractivity contribution in [3.8, 4) is 0 Å². The van der Waals surface area contributed by atoms with E-state index >= 15 is 0 Å². The Kier molecular flexibility index (Phi) is 32.9. The normalized spacial score (nSPS) is 13.9. The number of ether oxygens (including phenoxy) is 2. The molecule has 1 N–H and O–H groups in total. The molecule has 0 radical (unpaired) electrons. The molecule has 55 heavy (non-hydrogen) atoms. The quantitative estimate of drug-likeness (QED) is 0.0491. The van der Waals surface area contributed by atoms with Gasteiger partial charge in [0, 0.05) is 26.0 Å². The van der Waals surface area contributed by atoms with Crippen LogP contribution >= 0.6 is 0 Å². The fraction of sp³-hybridized carbons (Fsp3) is 0.959. The van der Waals surface area contributed by atoms with Crippen LogP contribution in [0.4, 0.5) is 0 Å². The zero-order valence-corrected chi connectivity index (χ0v) is 37.7. The molecule has 0 aromatic rings. The third-order valence-corrected chi connectivity index (χ3v) is 12.4. The average molecular weight is 778 g/mol. The van der Waals surface area contributed by atoms with Crippen molar-refractivity contribution in [1.82, 2.24) is 4.90 Å². The van der Waals surface area contributed by atoms with Gasteiger partial charge in [0.25, 0.3) is 0 Å². The van der Waals surface area contributed by atoms with E-state index in [1.807, 2.05) is 0 Å². The monoisotopic (exact) mass is 778 g/mol. The van der Waals surface area contributed by atoms with Gasteiger partial charge in [0.15, 0.2) is 0 Å². The zero-order chi connectivity index (χ0) is 40.3. The SMILES string of the molecule is CCCCCCCCCC(=O)OCC(C)(C)CCCCCN(CCCO)CCCC1(CCCC(=O)OC(CCCCCCCC)CCCCCCCC)CC1. The fourth-order valence-corrected chi connectivity index (χ4v) is 8.29. The third kappa shape index (κ3) is 31.5. The van der Waals surface area contributed by atoms with Gasteiger partial charge in [0.05, 0.1) is 6.61 Å². The molecule has 0 aromatic heterocycles. The lowest BCUT2D eigenvalue weighted by Gasteiger charge is -2.25. The largest absolute Gasteiger partial charge is 0.465 e. The molecule has 6 nitrogen and oxygen atoms in total. The average Bonchev–Trinajstić information content (AvgIpc) is 3.94.